The molecule has 248 valence electrons. The Kier molecular flexibility index (Phi) is 13.3. The lowest BCUT2D eigenvalue weighted by molar-refractivity contribution is -0.274. The van der Waals surface area contributed by atoms with E-state index in [0.717, 1.165) is 82.8 Å². The quantitative estimate of drug-likeness (QED) is 0.103. The number of benzene rings is 1. The molecule has 0 spiro atoms. The van der Waals surface area contributed by atoms with Crippen LogP contribution in [-0.2, 0) is 16.1 Å². The van der Waals surface area contributed by atoms with Crippen molar-refractivity contribution in [3.8, 4) is 16.9 Å². The van der Waals surface area contributed by atoms with Crippen LogP contribution in [0.5, 0.6) is 5.75 Å². The number of hydrogen-bond donors (Lipinski definition) is 0. The Morgan fingerprint density at radius 1 is 0.911 bits per heavy atom. The fourth-order valence-electron chi connectivity index (χ4n) is 5.32. The zero-order valence-corrected chi connectivity index (χ0v) is 26.8. The van der Waals surface area contributed by atoms with Gasteiger partial charge in [-0.2, -0.15) is 0 Å². The molecule has 1 unspecified atom stereocenters. The molecule has 1 aromatic carbocycles. The Hall–Kier alpha value is -3.56. The van der Waals surface area contributed by atoms with E-state index in [1.807, 2.05) is 13.8 Å². The third kappa shape index (κ3) is 11.1. The van der Waals surface area contributed by atoms with E-state index in [1.54, 1.807) is 16.8 Å². The van der Waals surface area contributed by atoms with E-state index >= 15 is 0 Å². The first-order chi connectivity index (χ1) is 21.3. The molecule has 2 heterocycles. The summed E-state index contributed by atoms with van der Waals surface area (Å²) in [6.07, 6.45) is 8.24. The van der Waals surface area contributed by atoms with Gasteiger partial charge in [0.2, 0.25) is 0 Å². The number of rotatable bonds is 18. The Balaban J connectivity index is 1.37. The van der Waals surface area contributed by atoms with E-state index in [2.05, 4.69) is 18.6 Å². The van der Waals surface area contributed by atoms with Crippen molar-refractivity contribution in [3.05, 3.63) is 63.4 Å². The largest absolute Gasteiger partial charge is 0.573 e. The molecule has 0 fully saturated rings. The van der Waals surface area contributed by atoms with E-state index in [-0.39, 0.29) is 22.7 Å². The van der Waals surface area contributed by atoms with E-state index in [1.165, 1.54) is 18.2 Å². The fourth-order valence-corrected chi connectivity index (χ4v) is 5.32. The second-order valence-corrected chi connectivity index (χ2v) is 12.4. The second kappa shape index (κ2) is 16.7. The minimum absolute atomic E-state index is 0.0992. The molecule has 0 amide bonds. The number of aromatic nitrogens is 1. The maximum atomic E-state index is 12.6. The Labute approximate surface area is 262 Å². The second-order valence-electron chi connectivity index (χ2n) is 12.4. The summed E-state index contributed by atoms with van der Waals surface area (Å²) in [7, 11) is 0. The highest BCUT2D eigenvalue weighted by molar-refractivity contribution is 5.81. The number of unbranched alkanes of at least 4 members (excludes halogenated alkanes) is 8. The third-order valence-electron chi connectivity index (χ3n) is 8.49. The van der Waals surface area contributed by atoms with Crippen molar-refractivity contribution in [1.29, 1.82) is 0 Å². The van der Waals surface area contributed by atoms with E-state index in [9.17, 15) is 27.6 Å². The fraction of sp³-hybridized carbons (Fsp3) is 0.571. The zero-order chi connectivity index (χ0) is 33.0. The highest BCUT2D eigenvalue weighted by atomic mass is 19.4. The highest BCUT2D eigenvalue weighted by Gasteiger charge is 2.34. The molecule has 10 heteroatoms. The lowest BCUT2D eigenvalue weighted by atomic mass is 9.78. The smallest absolute Gasteiger partial charge is 0.465 e. The Morgan fingerprint density at radius 2 is 1.51 bits per heavy atom. The molecule has 0 saturated heterocycles. The number of fused-ring (bicyclic) bond motifs is 1. The number of halogens is 3. The number of esters is 1. The summed E-state index contributed by atoms with van der Waals surface area (Å²) in [6, 6.07) is 7.82. The van der Waals surface area contributed by atoms with Crippen molar-refractivity contribution in [2.45, 2.75) is 111 Å². The number of pyridine rings is 1. The molecule has 0 bridgehead atoms. The van der Waals surface area contributed by atoms with Gasteiger partial charge in [0.05, 0.1) is 17.6 Å². The molecular weight excluding hydrogens is 587 g/mol. The molecule has 0 N–H and O–H groups in total. The predicted molar refractivity (Wildman–Crippen MR) is 169 cm³/mol. The first kappa shape index (κ1) is 35.9. The minimum atomic E-state index is -4.81. The van der Waals surface area contributed by atoms with Crippen molar-refractivity contribution in [2.75, 3.05) is 6.61 Å². The summed E-state index contributed by atoms with van der Waals surface area (Å²) in [4.78, 5) is 37.5. The van der Waals surface area contributed by atoms with Gasteiger partial charge in [0, 0.05) is 24.2 Å². The van der Waals surface area contributed by atoms with Gasteiger partial charge in [-0.15, -0.1) is 13.2 Å². The van der Waals surface area contributed by atoms with Gasteiger partial charge in [-0.25, -0.2) is 4.79 Å². The van der Waals surface area contributed by atoms with E-state index in [4.69, 9.17) is 9.15 Å². The summed E-state index contributed by atoms with van der Waals surface area (Å²) in [6.45, 7) is 9.20. The number of hydrogen-bond acceptors (Lipinski definition) is 6. The average Bonchev–Trinajstić information content (AvgIpc) is 2.97. The van der Waals surface area contributed by atoms with Crippen molar-refractivity contribution in [1.82, 2.24) is 4.57 Å². The lowest BCUT2D eigenvalue weighted by Crippen LogP contribution is -2.33. The monoisotopic (exact) mass is 633 g/mol. The SMILES string of the molecule is CCCC(C)C(C)(C)C(=O)OCCCCCCCCCCCn1cc2cc(-c3ccc(OC(F)(F)F)cc3)c(=O)oc2cc1=O. The molecular formula is C35H46F3NO6. The van der Waals surface area contributed by atoms with Gasteiger partial charge >= 0.3 is 18.0 Å². The maximum absolute atomic E-state index is 12.6. The third-order valence-corrected chi connectivity index (χ3v) is 8.49. The molecule has 7 nitrogen and oxygen atoms in total. The summed E-state index contributed by atoms with van der Waals surface area (Å²) < 4.78 is 53.7. The predicted octanol–water partition coefficient (Wildman–Crippen LogP) is 9.04. The molecule has 3 rings (SSSR count). The topological polar surface area (TPSA) is 87.7 Å². The van der Waals surface area contributed by atoms with E-state index < -0.39 is 23.2 Å². The number of carbonyl (C=O) groups is 1. The number of nitrogens with zero attached hydrogens (tertiary/aromatic N) is 1. The molecule has 2 aromatic heterocycles. The number of alkyl halides is 3. The molecule has 3 aromatic rings. The molecule has 0 radical (unpaired) electrons. The van der Waals surface area contributed by atoms with E-state index in [0.29, 0.717) is 30.0 Å². The first-order valence-electron chi connectivity index (χ1n) is 16.0. The number of carbonyl (C=O) groups excluding carboxylic acids is 1. The van der Waals surface area contributed by atoms with Gasteiger partial charge in [0.1, 0.15) is 11.3 Å². The van der Waals surface area contributed by atoms with Crippen LogP contribution >= 0.6 is 0 Å². The van der Waals surface area contributed by atoms with Crippen LogP contribution in [-0.4, -0.2) is 23.5 Å². The van der Waals surface area contributed by atoms with Gasteiger partial charge in [0.15, 0.2) is 0 Å². The van der Waals surface area contributed by atoms with Crippen LogP contribution in [0.3, 0.4) is 0 Å². The molecule has 0 aliphatic carbocycles. The normalized spacial score (nSPS) is 12.8. The Morgan fingerprint density at radius 3 is 2.11 bits per heavy atom. The van der Waals surface area contributed by atoms with Crippen molar-refractivity contribution in [2.24, 2.45) is 11.3 Å². The molecule has 45 heavy (non-hydrogen) atoms. The molecule has 1 atom stereocenters. The standard InChI is InChI=1S/C35H46F3NO6/c1-5-15-25(2)34(3,4)33(42)43-21-14-12-10-8-6-7-9-11-13-20-39-24-27-22-29(32(41)44-30(27)23-31(39)40)26-16-18-28(19-17-26)45-35(36,37)38/h16-19,22-25H,5-15,20-21H2,1-4H3. The Bertz CT molecular complexity index is 1490. The summed E-state index contributed by atoms with van der Waals surface area (Å²) in [5, 5.41) is 0.546. The molecule has 0 saturated carbocycles. The van der Waals surface area contributed by atoms with Gasteiger partial charge in [-0.05, 0) is 62.8 Å². The summed E-state index contributed by atoms with van der Waals surface area (Å²) in [5.41, 5.74) is -0.701. The molecule has 0 aliphatic heterocycles. The minimum Gasteiger partial charge on any atom is -0.465 e. The lowest BCUT2D eigenvalue weighted by Gasteiger charge is -2.29. The van der Waals surface area contributed by atoms with Crippen LogP contribution in [0.2, 0.25) is 0 Å². The molecule has 0 aliphatic rings. The number of aryl methyl sites for hydroxylation is 1. The van der Waals surface area contributed by atoms with Crippen molar-refractivity contribution < 1.29 is 31.9 Å². The van der Waals surface area contributed by atoms with Gasteiger partial charge in [-0.3, -0.25) is 9.59 Å². The van der Waals surface area contributed by atoms with Gasteiger partial charge in [-0.1, -0.05) is 77.3 Å². The first-order valence-corrected chi connectivity index (χ1v) is 16.0. The van der Waals surface area contributed by atoms with Crippen molar-refractivity contribution in [3.63, 3.8) is 0 Å². The highest BCUT2D eigenvalue weighted by Crippen LogP contribution is 2.31. The van der Waals surface area contributed by atoms with Crippen LogP contribution in [0, 0.1) is 11.3 Å². The zero-order valence-electron chi connectivity index (χ0n) is 26.8. The average molecular weight is 634 g/mol. The maximum Gasteiger partial charge on any atom is 0.573 e. The summed E-state index contributed by atoms with van der Waals surface area (Å²) >= 11 is 0. The summed E-state index contributed by atoms with van der Waals surface area (Å²) in [5.74, 6) is -0.192. The van der Waals surface area contributed by atoms with Crippen LogP contribution in [0.1, 0.15) is 98.3 Å². The van der Waals surface area contributed by atoms with Crippen LogP contribution in [0.25, 0.3) is 22.1 Å². The van der Waals surface area contributed by atoms with Crippen molar-refractivity contribution >= 4 is 16.9 Å². The van der Waals surface area contributed by atoms with Crippen LogP contribution in [0.15, 0.2) is 56.6 Å². The van der Waals surface area contributed by atoms with Crippen LogP contribution < -0.4 is 15.9 Å². The van der Waals surface area contributed by atoms with Gasteiger partial charge in [0.25, 0.3) is 5.56 Å². The number of ether oxygens (including phenoxy) is 2. The van der Waals surface area contributed by atoms with Gasteiger partial charge < -0.3 is 18.5 Å². The van der Waals surface area contributed by atoms with Crippen LogP contribution in [0.4, 0.5) is 13.2 Å².